The molecule has 3 aromatic rings. The molecule has 0 saturated carbocycles. The van der Waals surface area contributed by atoms with Gasteiger partial charge in [0, 0.05) is 6.92 Å². The van der Waals surface area contributed by atoms with Gasteiger partial charge in [0.25, 0.3) is 0 Å². The highest BCUT2D eigenvalue weighted by molar-refractivity contribution is 7.06. The minimum Gasteiger partial charge on any atom is -0.138 e. The van der Waals surface area contributed by atoms with Gasteiger partial charge in [-0.15, -0.1) is 3.96 Å². The molecule has 0 spiro atoms. The summed E-state index contributed by atoms with van der Waals surface area (Å²) in [5, 5.41) is 0. The smallest absolute Gasteiger partial charge is 0.138 e. The van der Waals surface area contributed by atoms with Gasteiger partial charge in [0.15, 0.2) is 6.54 Å². The zero-order valence-corrected chi connectivity index (χ0v) is 12.7. The number of aryl methyl sites for hydroxylation is 1. The van der Waals surface area contributed by atoms with Crippen molar-refractivity contribution in [2.75, 3.05) is 0 Å². The zero-order chi connectivity index (χ0) is 13.9. The average Bonchev–Trinajstić information content (AvgIpc) is 2.86. The molecule has 0 aliphatic carbocycles. The summed E-state index contributed by atoms with van der Waals surface area (Å²) in [5.41, 5.74) is 5.31. The van der Waals surface area contributed by atoms with Gasteiger partial charge >= 0.3 is 0 Å². The van der Waals surface area contributed by atoms with Crippen molar-refractivity contribution in [3.8, 4) is 21.6 Å². The van der Waals surface area contributed by atoms with Gasteiger partial charge < -0.3 is 0 Å². The van der Waals surface area contributed by atoms with Gasteiger partial charge in [-0.2, -0.15) is 0 Å². The Balaban J connectivity index is 2.25. The first kappa shape index (κ1) is 13.1. The first-order valence-electron chi connectivity index (χ1n) is 6.96. The fourth-order valence-corrected chi connectivity index (χ4v) is 3.72. The third-order valence-electron chi connectivity index (χ3n) is 3.55. The van der Waals surface area contributed by atoms with E-state index < -0.39 is 0 Å². The van der Waals surface area contributed by atoms with Crippen LogP contribution in [0.25, 0.3) is 21.6 Å². The molecule has 20 heavy (non-hydrogen) atoms. The summed E-state index contributed by atoms with van der Waals surface area (Å²) in [7, 11) is 0. The third-order valence-corrected chi connectivity index (χ3v) is 4.92. The van der Waals surface area contributed by atoms with E-state index >= 15 is 0 Å². The summed E-state index contributed by atoms with van der Waals surface area (Å²) in [6, 6.07) is 21.3. The highest BCUT2D eigenvalue weighted by Crippen LogP contribution is 2.36. The molecular weight excluding hydrogens is 262 g/mol. The highest BCUT2D eigenvalue weighted by Gasteiger charge is 2.23. The molecule has 100 valence electrons. The first-order valence-corrected chi connectivity index (χ1v) is 7.73. The molecule has 0 radical (unpaired) electrons. The molecule has 3 rings (SSSR count). The Morgan fingerprint density at radius 3 is 1.95 bits per heavy atom. The molecule has 0 fully saturated rings. The van der Waals surface area contributed by atoms with E-state index in [-0.39, 0.29) is 0 Å². The van der Waals surface area contributed by atoms with E-state index in [9.17, 15) is 0 Å². The summed E-state index contributed by atoms with van der Waals surface area (Å²) in [6.07, 6.45) is 0. The molecule has 2 aromatic carbocycles. The van der Waals surface area contributed by atoms with E-state index in [1.807, 2.05) is 11.5 Å². The lowest BCUT2D eigenvalue weighted by molar-refractivity contribution is -0.631. The summed E-state index contributed by atoms with van der Waals surface area (Å²) < 4.78 is 2.37. The van der Waals surface area contributed by atoms with E-state index in [2.05, 4.69) is 78.5 Å². The SMILES string of the molecule is CC[n+]1sc(-c2ccccc2)c(-c2ccccc2)c1C. The number of aromatic nitrogens is 1. The molecule has 0 unspecified atom stereocenters. The number of rotatable bonds is 3. The third kappa shape index (κ3) is 2.27. The fraction of sp³-hybridized carbons (Fsp3) is 0.167. The highest BCUT2D eigenvalue weighted by atomic mass is 32.1. The lowest BCUT2D eigenvalue weighted by atomic mass is 10.0. The average molecular weight is 280 g/mol. The number of hydrogen-bond acceptors (Lipinski definition) is 1. The molecular formula is C18H18NS+. The largest absolute Gasteiger partial charge is 0.201 e. The van der Waals surface area contributed by atoms with Gasteiger partial charge in [-0.25, -0.2) is 0 Å². The molecule has 0 N–H and O–H groups in total. The maximum Gasteiger partial charge on any atom is 0.201 e. The van der Waals surface area contributed by atoms with Crippen LogP contribution < -0.4 is 3.96 Å². The van der Waals surface area contributed by atoms with Crippen molar-refractivity contribution in [2.24, 2.45) is 0 Å². The van der Waals surface area contributed by atoms with Crippen molar-refractivity contribution in [3.63, 3.8) is 0 Å². The van der Waals surface area contributed by atoms with Crippen LogP contribution in [0.2, 0.25) is 0 Å². The van der Waals surface area contributed by atoms with Crippen molar-refractivity contribution < 1.29 is 3.96 Å². The molecule has 0 saturated heterocycles. The van der Waals surface area contributed by atoms with Crippen molar-refractivity contribution in [3.05, 3.63) is 66.4 Å². The summed E-state index contributed by atoms with van der Waals surface area (Å²) in [5.74, 6) is 0. The van der Waals surface area contributed by atoms with Crippen LogP contribution in [-0.2, 0) is 6.54 Å². The second-order valence-electron chi connectivity index (χ2n) is 4.81. The summed E-state index contributed by atoms with van der Waals surface area (Å²) in [6.45, 7) is 5.44. The number of hydrogen-bond donors (Lipinski definition) is 0. The predicted octanol–water partition coefficient (Wildman–Crippen LogP) is 4.70. The standard InChI is InChI=1S/C18H18NS/c1-3-19-14(2)17(15-10-6-4-7-11-15)18(20-19)16-12-8-5-9-13-16/h4-13H,3H2,1-2H3/q+1. The Labute approximate surface area is 124 Å². The summed E-state index contributed by atoms with van der Waals surface area (Å²) >= 11 is 1.85. The van der Waals surface area contributed by atoms with Gasteiger partial charge in [0.05, 0.1) is 5.56 Å². The second-order valence-corrected chi connectivity index (χ2v) is 5.84. The molecule has 1 aromatic heterocycles. The second kappa shape index (κ2) is 5.59. The van der Waals surface area contributed by atoms with Crippen LogP contribution in [0.1, 0.15) is 12.6 Å². The lowest BCUT2D eigenvalue weighted by Crippen LogP contribution is -2.29. The zero-order valence-electron chi connectivity index (χ0n) is 11.8. The van der Waals surface area contributed by atoms with E-state index in [4.69, 9.17) is 0 Å². The van der Waals surface area contributed by atoms with Crippen molar-refractivity contribution in [2.45, 2.75) is 20.4 Å². The molecule has 0 bridgehead atoms. The first-order chi connectivity index (χ1) is 9.81. The Morgan fingerprint density at radius 1 is 0.850 bits per heavy atom. The van der Waals surface area contributed by atoms with Gasteiger partial charge in [-0.1, -0.05) is 60.7 Å². The van der Waals surface area contributed by atoms with Gasteiger partial charge in [-0.3, -0.25) is 0 Å². The van der Waals surface area contributed by atoms with Crippen LogP contribution in [0.4, 0.5) is 0 Å². The number of benzene rings is 2. The minimum absolute atomic E-state index is 1.02. The van der Waals surface area contributed by atoms with Gasteiger partial charge in [0.2, 0.25) is 5.69 Å². The van der Waals surface area contributed by atoms with E-state index in [1.165, 1.54) is 27.3 Å². The molecule has 2 heteroatoms. The maximum atomic E-state index is 2.37. The maximum absolute atomic E-state index is 2.37. The van der Waals surface area contributed by atoms with Crippen LogP contribution in [0.15, 0.2) is 60.7 Å². The Kier molecular flexibility index (Phi) is 3.66. The van der Waals surface area contributed by atoms with Crippen molar-refractivity contribution in [1.82, 2.24) is 0 Å². The normalized spacial score (nSPS) is 10.7. The predicted molar refractivity (Wildman–Crippen MR) is 85.8 cm³/mol. The van der Waals surface area contributed by atoms with Gasteiger partial charge in [0.1, 0.15) is 16.4 Å². The van der Waals surface area contributed by atoms with Gasteiger partial charge in [-0.05, 0) is 18.1 Å². The molecule has 1 heterocycles. The van der Waals surface area contributed by atoms with Crippen LogP contribution in [0, 0.1) is 6.92 Å². The monoisotopic (exact) mass is 280 g/mol. The van der Waals surface area contributed by atoms with Crippen LogP contribution in [0.3, 0.4) is 0 Å². The van der Waals surface area contributed by atoms with E-state index in [0.29, 0.717) is 0 Å². The van der Waals surface area contributed by atoms with Crippen LogP contribution in [-0.4, -0.2) is 0 Å². The molecule has 0 atom stereocenters. The van der Waals surface area contributed by atoms with Crippen molar-refractivity contribution >= 4 is 11.5 Å². The van der Waals surface area contributed by atoms with Crippen LogP contribution >= 0.6 is 11.5 Å². The van der Waals surface area contributed by atoms with E-state index in [0.717, 1.165) is 6.54 Å². The van der Waals surface area contributed by atoms with Crippen molar-refractivity contribution in [1.29, 1.82) is 0 Å². The molecule has 0 amide bonds. The Hall–Kier alpha value is -1.93. The number of nitrogens with zero attached hydrogens (tertiary/aromatic N) is 1. The van der Waals surface area contributed by atoms with Crippen LogP contribution in [0.5, 0.6) is 0 Å². The fourth-order valence-electron chi connectivity index (χ4n) is 2.55. The lowest BCUT2D eigenvalue weighted by Gasteiger charge is -2.01. The summed E-state index contributed by atoms with van der Waals surface area (Å²) in [4.78, 5) is 1.36. The quantitative estimate of drug-likeness (QED) is 0.612. The topological polar surface area (TPSA) is 3.88 Å². The molecule has 0 aliphatic heterocycles. The molecule has 0 aliphatic rings. The Bertz CT molecular complexity index is 699. The minimum atomic E-state index is 1.02. The van der Waals surface area contributed by atoms with E-state index in [1.54, 1.807) is 0 Å². The Morgan fingerprint density at radius 2 is 1.40 bits per heavy atom. The molecule has 1 nitrogen and oxygen atoms in total.